The van der Waals surface area contributed by atoms with Gasteiger partial charge in [-0.3, -0.25) is 0 Å². The second kappa shape index (κ2) is 9.94. The molecule has 0 amide bonds. The molecule has 0 rings (SSSR count). The normalized spacial score (nSPS) is 3.00. The molecule has 0 aromatic carbocycles. The molecule has 1 N–H and O–H groups in total. The standard InChI is InChI=1S/Li.HNOS.H/c;1-3-2;/h;1H;. The molecule has 0 unspecified atom stereocenters. The molecule has 0 saturated heterocycles. The van der Waals surface area contributed by atoms with Crippen LogP contribution < -0.4 is 0 Å². The molecule has 4 heteroatoms. The predicted octanol–water partition coefficient (Wildman–Crippen LogP) is -0.687. The average molecular weight is 71.0 g/mol. The third-order valence-corrected chi connectivity index (χ3v) is 0. The van der Waals surface area contributed by atoms with Crippen molar-refractivity contribution in [3.8, 4) is 0 Å². The molecule has 0 bridgehead atoms. The Labute approximate surface area is 39.8 Å². The summed E-state index contributed by atoms with van der Waals surface area (Å²) in [6, 6.07) is 0. The molecule has 0 radical (unpaired) electrons. The van der Waals surface area contributed by atoms with Crippen molar-refractivity contribution < 1.29 is 4.21 Å². The summed E-state index contributed by atoms with van der Waals surface area (Å²) in [6.45, 7) is 0. The molecule has 0 aromatic rings. The van der Waals surface area contributed by atoms with Crippen molar-refractivity contribution in [2.24, 2.45) is 0 Å². The SMILES string of the molecule is N=S=O.[LiH]. The van der Waals surface area contributed by atoms with Crippen molar-refractivity contribution in [1.29, 1.82) is 4.78 Å². The molecule has 0 aliphatic carbocycles. The van der Waals surface area contributed by atoms with Gasteiger partial charge in [-0.25, -0.2) is 4.78 Å². The molecule has 0 aliphatic heterocycles. The van der Waals surface area contributed by atoms with E-state index in [-0.39, 0.29) is 30.3 Å². The Morgan fingerprint density at radius 3 is 1.75 bits per heavy atom. The Bertz CT molecular complexity index is 29.0. The topological polar surface area (TPSA) is 40.9 Å². The maximum atomic E-state index is 8.51. The molecule has 0 spiro atoms. The molecular weight excluding hydrogens is 69.0 g/mol. The molecule has 0 aliphatic rings. The third kappa shape index (κ3) is 27.9. The molecule has 2 nitrogen and oxygen atoms in total. The van der Waals surface area contributed by atoms with Gasteiger partial charge in [-0.1, -0.05) is 0 Å². The monoisotopic (exact) mass is 71.0 g/mol. The number of nitrogens with one attached hydrogen (secondary N) is 1. The van der Waals surface area contributed by atoms with E-state index < -0.39 is 0 Å². The predicted molar refractivity (Wildman–Crippen MR) is 18.0 cm³/mol. The van der Waals surface area contributed by atoms with Gasteiger partial charge in [-0.2, -0.15) is 4.21 Å². The van der Waals surface area contributed by atoms with Crippen LogP contribution in [0.4, 0.5) is 0 Å². The minimum atomic E-state index is -0.250. The summed E-state index contributed by atoms with van der Waals surface area (Å²) < 4.78 is 14.1. The van der Waals surface area contributed by atoms with Crippen molar-refractivity contribution in [3.63, 3.8) is 0 Å². The minimum absolute atomic E-state index is 0. The summed E-state index contributed by atoms with van der Waals surface area (Å²) in [5.41, 5.74) is 0. The molecular formula is H2LiNOS. The summed E-state index contributed by atoms with van der Waals surface area (Å²) in [6.07, 6.45) is 0. The molecule has 0 atom stereocenters. The fourth-order valence-electron chi connectivity index (χ4n) is 0. The van der Waals surface area contributed by atoms with Crippen molar-refractivity contribution in [2.75, 3.05) is 0 Å². The molecule has 4 heavy (non-hydrogen) atoms. The van der Waals surface area contributed by atoms with Gasteiger partial charge in [0.1, 0.15) is 0 Å². The van der Waals surface area contributed by atoms with Gasteiger partial charge in [0, 0.05) is 0 Å². The summed E-state index contributed by atoms with van der Waals surface area (Å²) in [7, 11) is 0. The van der Waals surface area contributed by atoms with Gasteiger partial charge in [0.05, 0.1) is 0 Å². The van der Waals surface area contributed by atoms with E-state index in [1.807, 2.05) is 0 Å². The van der Waals surface area contributed by atoms with Crippen LogP contribution in [-0.4, -0.2) is 23.1 Å². The van der Waals surface area contributed by atoms with E-state index in [0.29, 0.717) is 0 Å². The van der Waals surface area contributed by atoms with Crippen LogP contribution in [0.15, 0.2) is 0 Å². The first-order chi connectivity index (χ1) is 1.41. The Kier molecular flexibility index (Phi) is 21.9. The van der Waals surface area contributed by atoms with Crippen molar-refractivity contribution >= 4 is 30.3 Å². The van der Waals surface area contributed by atoms with Crippen LogP contribution >= 0.6 is 0 Å². The molecule has 0 saturated carbocycles. The van der Waals surface area contributed by atoms with Gasteiger partial charge in [-0.15, -0.1) is 0 Å². The van der Waals surface area contributed by atoms with E-state index in [9.17, 15) is 0 Å². The Balaban J connectivity index is 0. The zero-order valence-electron chi connectivity index (χ0n) is 1.32. The first-order valence-electron chi connectivity index (χ1n) is 0.371. The summed E-state index contributed by atoms with van der Waals surface area (Å²) in [4.78, 5) is 0. The van der Waals surface area contributed by atoms with Crippen LogP contribution in [0.2, 0.25) is 0 Å². The molecule has 0 fully saturated rings. The number of hydrogen-bond donors (Lipinski definition) is 1. The van der Waals surface area contributed by atoms with Crippen LogP contribution in [0.1, 0.15) is 0 Å². The molecule has 0 heterocycles. The van der Waals surface area contributed by atoms with Gasteiger partial charge in [0.2, 0.25) is 0 Å². The van der Waals surface area contributed by atoms with E-state index >= 15 is 0 Å². The quantitative estimate of drug-likeness (QED) is 0.377. The van der Waals surface area contributed by atoms with Crippen LogP contribution in [0.3, 0.4) is 0 Å². The first kappa shape index (κ1) is 8.83. The summed E-state index contributed by atoms with van der Waals surface area (Å²) >= 11 is -0.250. The second-order valence-electron chi connectivity index (χ2n) is 0.0833. The molecule has 20 valence electrons. The Hall–Kier alpha value is 0.417. The van der Waals surface area contributed by atoms with Crippen LogP contribution in [0.25, 0.3) is 0 Å². The van der Waals surface area contributed by atoms with E-state index in [4.69, 9.17) is 8.99 Å². The van der Waals surface area contributed by atoms with E-state index in [2.05, 4.69) is 0 Å². The summed E-state index contributed by atoms with van der Waals surface area (Å²) in [5, 5.41) is 0. The summed E-state index contributed by atoms with van der Waals surface area (Å²) in [5.74, 6) is 0. The first-order valence-corrected chi connectivity index (χ1v) is 1.11. The maximum absolute atomic E-state index is 8.51. The Morgan fingerprint density at radius 2 is 1.75 bits per heavy atom. The van der Waals surface area contributed by atoms with Crippen molar-refractivity contribution in [1.82, 2.24) is 0 Å². The van der Waals surface area contributed by atoms with E-state index in [1.54, 1.807) is 0 Å². The fraction of sp³-hybridized carbons (Fsp3) is 0. The zero-order valence-corrected chi connectivity index (χ0v) is 2.13. The number of rotatable bonds is 0. The van der Waals surface area contributed by atoms with Crippen LogP contribution in [-0.2, 0) is 11.5 Å². The second-order valence-corrected chi connectivity index (χ2v) is 0.250. The van der Waals surface area contributed by atoms with Gasteiger partial charge in [0.15, 0.2) is 11.5 Å². The fourth-order valence-corrected chi connectivity index (χ4v) is 0. The van der Waals surface area contributed by atoms with Crippen LogP contribution in [0, 0.1) is 4.78 Å². The molecule has 0 aromatic heterocycles. The number of hydrogen-bond acceptors (Lipinski definition) is 2. The van der Waals surface area contributed by atoms with Gasteiger partial charge in [-0.05, 0) is 0 Å². The Morgan fingerprint density at radius 1 is 1.75 bits per heavy atom. The average Bonchev–Trinajstić information content (AvgIpc) is 0.918. The van der Waals surface area contributed by atoms with Crippen molar-refractivity contribution in [3.05, 3.63) is 0 Å². The zero-order chi connectivity index (χ0) is 2.71. The van der Waals surface area contributed by atoms with Crippen LogP contribution in [0.5, 0.6) is 0 Å². The van der Waals surface area contributed by atoms with Crippen molar-refractivity contribution in [2.45, 2.75) is 0 Å². The van der Waals surface area contributed by atoms with Gasteiger partial charge >= 0.3 is 18.9 Å². The van der Waals surface area contributed by atoms with E-state index in [0.717, 1.165) is 0 Å². The van der Waals surface area contributed by atoms with E-state index in [1.165, 1.54) is 0 Å². The van der Waals surface area contributed by atoms with Gasteiger partial charge in [0.25, 0.3) is 0 Å². The third-order valence-electron chi connectivity index (χ3n) is 0. The van der Waals surface area contributed by atoms with Gasteiger partial charge < -0.3 is 0 Å².